The molecule has 172 valence electrons. The van der Waals surface area contributed by atoms with Gasteiger partial charge in [-0.05, 0) is 12.8 Å². The Morgan fingerprint density at radius 1 is 1.14 bits per heavy atom. The van der Waals surface area contributed by atoms with Crippen LogP contribution in [0.3, 0.4) is 0 Å². The quantitative estimate of drug-likeness (QED) is 0.247. The number of hydrogen-bond acceptors (Lipinski definition) is 7. The van der Waals surface area contributed by atoms with Crippen molar-refractivity contribution < 1.29 is 37.1 Å². The van der Waals surface area contributed by atoms with Crippen LogP contribution in [0.2, 0.25) is 0 Å². The highest BCUT2D eigenvalue weighted by Crippen LogP contribution is 2.18. The standard InChI is InChI=1S/C19H37NO8S/c1-2-3-4-5-6-7-8-9-10-11-18-26-13-17(28-18)14-27-19(22)20-12-16(21)15-29(23,24)25/h16-18,21H,2-15H2,1H3,(H,20,22)(H,23,24,25). The Balaban J connectivity index is 2.00. The number of carbonyl (C=O) groups is 1. The van der Waals surface area contributed by atoms with Crippen LogP contribution in [0.15, 0.2) is 0 Å². The summed E-state index contributed by atoms with van der Waals surface area (Å²) in [7, 11) is -4.30. The average Bonchev–Trinajstić information content (AvgIpc) is 3.10. The maximum absolute atomic E-state index is 11.6. The number of carbonyl (C=O) groups excluding carboxylic acids is 1. The zero-order chi connectivity index (χ0) is 21.5. The van der Waals surface area contributed by atoms with Gasteiger partial charge in [0.15, 0.2) is 6.29 Å². The van der Waals surface area contributed by atoms with E-state index in [0.717, 1.165) is 19.3 Å². The molecule has 0 spiro atoms. The second-order valence-corrected chi connectivity index (χ2v) is 9.02. The highest BCUT2D eigenvalue weighted by Gasteiger charge is 2.26. The Labute approximate surface area is 174 Å². The van der Waals surface area contributed by atoms with Gasteiger partial charge in [0.2, 0.25) is 0 Å². The van der Waals surface area contributed by atoms with E-state index in [-0.39, 0.29) is 25.5 Å². The van der Waals surface area contributed by atoms with E-state index in [1.807, 2.05) is 0 Å². The molecule has 1 heterocycles. The van der Waals surface area contributed by atoms with E-state index in [9.17, 15) is 18.3 Å². The van der Waals surface area contributed by atoms with E-state index in [2.05, 4.69) is 12.2 Å². The average molecular weight is 440 g/mol. The number of nitrogens with one attached hydrogen (secondary N) is 1. The molecule has 9 nitrogen and oxygen atoms in total. The molecule has 0 aromatic heterocycles. The van der Waals surface area contributed by atoms with Crippen molar-refractivity contribution in [3.8, 4) is 0 Å². The van der Waals surface area contributed by atoms with E-state index in [4.69, 9.17) is 18.8 Å². The van der Waals surface area contributed by atoms with Gasteiger partial charge < -0.3 is 24.6 Å². The third kappa shape index (κ3) is 14.6. The lowest BCUT2D eigenvalue weighted by Gasteiger charge is -2.13. The number of hydrogen-bond donors (Lipinski definition) is 3. The number of alkyl carbamates (subject to hydrolysis) is 1. The minimum absolute atomic E-state index is 0.00842. The molecule has 0 aromatic rings. The maximum atomic E-state index is 11.6. The Morgan fingerprint density at radius 2 is 1.76 bits per heavy atom. The fourth-order valence-corrected chi connectivity index (χ4v) is 3.70. The van der Waals surface area contributed by atoms with Crippen LogP contribution in [-0.4, -0.2) is 68.2 Å². The van der Waals surface area contributed by atoms with Gasteiger partial charge in [-0.2, -0.15) is 8.42 Å². The van der Waals surface area contributed by atoms with E-state index >= 15 is 0 Å². The molecule has 1 fully saturated rings. The smallest absolute Gasteiger partial charge is 0.407 e. The predicted octanol–water partition coefficient (Wildman–Crippen LogP) is 2.62. The van der Waals surface area contributed by atoms with Crippen LogP contribution in [0.25, 0.3) is 0 Å². The van der Waals surface area contributed by atoms with Crippen LogP contribution in [0.5, 0.6) is 0 Å². The first-order valence-electron chi connectivity index (χ1n) is 10.6. The van der Waals surface area contributed by atoms with Crippen molar-refractivity contribution in [2.45, 2.75) is 89.6 Å². The van der Waals surface area contributed by atoms with Crippen molar-refractivity contribution in [3.05, 3.63) is 0 Å². The number of ether oxygens (including phenoxy) is 3. The molecule has 0 bridgehead atoms. The summed E-state index contributed by atoms with van der Waals surface area (Å²) in [6.45, 7) is 2.23. The summed E-state index contributed by atoms with van der Waals surface area (Å²) in [5, 5.41) is 11.6. The summed E-state index contributed by atoms with van der Waals surface area (Å²) < 4.78 is 46.0. The Morgan fingerprint density at radius 3 is 2.38 bits per heavy atom. The van der Waals surface area contributed by atoms with Crippen molar-refractivity contribution in [1.29, 1.82) is 0 Å². The molecule has 0 saturated carbocycles. The molecule has 10 heteroatoms. The van der Waals surface area contributed by atoms with Gasteiger partial charge in [-0.3, -0.25) is 4.55 Å². The number of amides is 1. The van der Waals surface area contributed by atoms with Gasteiger partial charge in [-0.15, -0.1) is 0 Å². The van der Waals surface area contributed by atoms with Crippen molar-refractivity contribution in [1.82, 2.24) is 5.32 Å². The molecule has 1 rings (SSSR count). The molecule has 1 aliphatic heterocycles. The Hall–Kier alpha value is -0.940. The first kappa shape index (κ1) is 26.1. The van der Waals surface area contributed by atoms with Gasteiger partial charge in [0, 0.05) is 6.54 Å². The van der Waals surface area contributed by atoms with Crippen LogP contribution in [-0.2, 0) is 24.3 Å². The molecule has 0 radical (unpaired) electrons. The van der Waals surface area contributed by atoms with Gasteiger partial charge in [0.25, 0.3) is 10.1 Å². The van der Waals surface area contributed by atoms with Gasteiger partial charge in [-0.1, -0.05) is 58.3 Å². The summed E-state index contributed by atoms with van der Waals surface area (Å²) in [5.41, 5.74) is 0. The van der Waals surface area contributed by atoms with Crippen LogP contribution >= 0.6 is 0 Å². The number of rotatable bonds is 16. The van der Waals surface area contributed by atoms with Crippen molar-refractivity contribution in [3.63, 3.8) is 0 Å². The number of aliphatic hydroxyl groups excluding tert-OH is 1. The van der Waals surface area contributed by atoms with Crippen LogP contribution in [0.4, 0.5) is 4.79 Å². The lowest BCUT2D eigenvalue weighted by molar-refractivity contribution is -0.0710. The molecular formula is C19H37NO8S. The van der Waals surface area contributed by atoms with E-state index in [0.29, 0.717) is 6.61 Å². The third-order valence-electron chi connectivity index (χ3n) is 4.64. The van der Waals surface area contributed by atoms with Crippen LogP contribution in [0, 0.1) is 0 Å². The Kier molecular flexibility index (Phi) is 13.5. The monoisotopic (exact) mass is 439 g/mol. The summed E-state index contributed by atoms with van der Waals surface area (Å²) in [5.74, 6) is -0.854. The van der Waals surface area contributed by atoms with Crippen molar-refractivity contribution >= 4 is 16.2 Å². The predicted molar refractivity (Wildman–Crippen MR) is 108 cm³/mol. The number of unbranched alkanes of at least 4 members (excludes halogenated alkanes) is 8. The minimum atomic E-state index is -4.30. The molecule has 3 atom stereocenters. The molecule has 29 heavy (non-hydrogen) atoms. The van der Waals surface area contributed by atoms with Gasteiger partial charge in [0.1, 0.15) is 18.5 Å². The third-order valence-corrected chi connectivity index (χ3v) is 5.45. The van der Waals surface area contributed by atoms with Crippen molar-refractivity contribution in [2.24, 2.45) is 0 Å². The normalized spacial score (nSPS) is 20.5. The lowest BCUT2D eigenvalue weighted by atomic mass is 10.1. The molecule has 1 saturated heterocycles. The topological polar surface area (TPSA) is 131 Å². The molecule has 1 amide bonds. The summed E-state index contributed by atoms with van der Waals surface area (Å²) in [6, 6.07) is 0. The molecular weight excluding hydrogens is 402 g/mol. The zero-order valence-corrected chi connectivity index (χ0v) is 18.2. The fourth-order valence-electron chi connectivity index (χ4n) is 3.09. The second kappa shape index (κ2) is 15.0. The van der Waals surface area contributed by atoms with E-state index in [1.165, 1.54) is 44.9 Å². The molecule has 1 aliphatic rings. The highest BCUT2D eigenvalue weighted by molar-refractivity contribution is 7.85. The molecule has 3 N–H and O–H groups in total. The lowest BCUT2D eigenvalue weighted by Crippen LogP contribution is -2.37. The maximum Gasteiger partial charge on any atom is 0.407 e. The number of aliphatic hydroxyl groups is 1. The molecule has 0 aromatic carbocycles. The SMILES string of the molecule is CCCCCCCCCCCC1OCC(COC(=O)NCC(O)CS(=O)(=O)O)O1. The second-order valence-electron chi connectivity index (χ2n) is 7.52. The fraction of sp³-hybridized carbons (Fsp3) is 0.947. The molecule has 0 aliphatic carbocycles. The van der Waals surface area contributed by atoms with Crippen LogP contribution in [0.1, 0.15) is 71.1 Å². The summed E-state index contributed by atoms with van der Waals surface area (Å²) in [4.78, 5) is 11.6. The summed E-state index contributed by atoms with van der Waals surface area (Å²) in [6.07, 6.45) is 9.29. The van der Waals surface area contributed by atoms with Crippen LogP contribution < -0.4 is 5.32 Å². The largest absolute Gasteiger partial charge is 0.447 e. The first-order valence-corrected chi connectivity index (χ1v) is 12.2. The van der Waals surface area contributed by atoms with Crippen molar-refractivity contribution in [2.75, 3.05) is 25.5 Å². The zero-order valence-electron chi connectivity index (χ0n) is 17.4. The summed E-state index contributed by atoms with van der Waals surface area (Å²) >= 11 is 0. The highest BCUT2D eigenvalue weighted by atomic mass is 32.2. The van der Waals surface area contributed by atoms with E-state index < -0.39 is 28.1 Å². The minimum Gasteiger partial charge on any atom is -0.447 e. The first-order chi connectivity index (χ1) is 13.8. The van der Waals surface area contributed by atoms with Gasteiger partial charge in [-0.25, -0.2) is 4.79 Å². The van der Waals surface area contributed by atoms with Gasteiger partial charge in [0.05, 0.1) is 12.7 Å². The molecule has 3 unspecified atom stereocenters. The Bertz CT molecular complexity index is 542. The van der Waals surface area contributed by atoms with E-state index in [1.54, 1.807) is 0 Å². The van der Waals surface area contributed by atoms with Gasteiger partial charge >= 0.3 is 6.09 Å².